The smallest absolute Gasteiger partial charge is 0.307 e. The summed E-state index contributed by atoms with van der Waals surface area (Å²) in [7, 11) is 0. The summed E-state index contributed by atoms with van der Waals surface area (Å²) in [6, 6.07) is 0. The van der Waals surface area contributed by atoms with Gasteiger partial charge in [-0.2, -0.15) is 0 Å². The highest BCUT2D eigenvalue weighted by atomic mass is 16.6. The fraction of sp³-hybridized carbons (Fsp3) is 0.650. The first-order chi connectivity index (χ1) is 12.1. The summed E-state index contributed by atoms with van der Waals surface area (Å²) in [6.45, 7) is 7.43. The van der Waals surface area contributed by atoms with Crippen LogP contribution in [-0.4, -0.2) is 41.6 Å². The molecule has 4 atom stereocenters. The molecular weight excluding hydrogens is 336 g/mol. The summed E-state index contributed by atoms with van der Waals surface area (Å²) in [5, 5.41) is 0. The highest BCUT2D eigenvalue weighted by Crippen LogP contribution is 2.45. The normalized spacial score (nSPS) is 35.5. The van der Waals surface area contributed by atoms with Crippen LogP contribution in [0.3, 0.4) is 0 Å². The average Bonchev–Trinajstić information content (AvgIpc) is 3.02. The maximum atomic E-state index is 12.6. The van der Waals surface area contributed by atoms with Crippen molar-refractivity contribution in [3.8, 4) is 0 Å². The maximum absolute atomic E-state index is 12.6. The van der Waals surface area contributed by atoms with Crippen LogP contribution in [0.4, 0.5) is 0 Å². The Morgan fingerprint density at radius 1 is 1.35 bits per heavy atom. The molecule has 0 unspecified atom stereocenters. The van der Waals surface area contributed by atoms with Crippen molar-refractivity contribution in [2.75, 3.05) is 0 Å². The van der Waals surface area contributed by atoms with Crippen LogP contribution >= 0.6 is 0 Å². The molecular formula is C20H26O6. The predicted octanol–water partition coefficient (Wildman–Crippen LogP) is 2.65. The number of rotatable bonds is 5. The van der Waals surface area contributed by atoms with Crippen molar-refractivity contribution in [2.24, 2.45) is 5.41 Å². The molecule has 0 aromatic heterocycles. The molecule has 2 fully saturated rings. The minimum absolute atomic E-state index is 0.0150. The van der Waals surface area contributed by atoms with Crippen molar-refractivity contribution in [3.05, 3.63) is 23.8 Å². The second-order valence-electron chi connectivity index (χ2n) is 8.08. The van der Waals surface area contributed by atoms with Gasteiger partial charge < -0.3 is 14.2 Å². The summed E-state index contributed by atoms with van der Waals surface area (Å²) < 4.78 is 16.3. The minimum atomic E-state index is -0.984. The van der Waals surface area contributed by atoms with E-state index in [4.69, 9.17) is 14.2 Å². The fourth-order valence-corrected chi connectivity index (χ4v) is 3.89. The van der Waals surface area contributed by atoms with Gasteiger partial charge in [0.05, 0.1) is 23.5 Å². The molecule has 26 heavy (non-hydrogen) atoms. The van der Waals surface area contributed by atoms with Gasteiger partial charge in [-0.3, -0.25) is 14.4 Å². The zero-order valence-corrected chi connectivity index (χ0v) is 15.7. The third-order valence-electron chi connectivity index (χ3n) is 5.50. The Hall–Kier alpha value is -1.95. The summed E-state index contributed by atoms with van der Waals surface area (Å²) in [5.74, 6) is -0.951. The third-order valence-corrected chi connectivity index (χ3v) is 5.50. The number of carbonyl (C=O) groups is 3. The van der Waals surface area contributed by atoms with Gasteiger partial charge in [-0.05, 0) is 51.8 Å². The lowest BCUT2D eigenvalue weighted by atomic mass is 9.69. The molecule has 0 radical (unpaired) electrons. The number of carbonyl (C=O) groups excluding carboxylic acids is 3. The number of ether oxygens (including phenoxy) is 3. The number of epoxide rings is 1. The van der Waals surface area contributed by atoms with Crippen LogP contribution in [0.1, 0.15) is 53.4 Å². The fourth-order valence-electron chi connectivity index (χ4n) is 3.89. The molecule has 0 N–H and O–H groups in total. The van der Waals surface area contributed by atoms with Crippen molar-refractivity contribution >= 4 is 17.7 Å². The van der Waals surface area contributed by atoms with Crippen LogP contribution in [0.15, 0.2) is 23.8 Å². The monoisotopic (exact) mass is 362 g/mol. The zero-order chi connectivity index (χ0) is 19.1. The van der Waals surface area contributed by atoms with Gasteiger partial charge in [0.15, 0.2) is 5.78 Å². The first kappa shape index (κ1) is 18.8. The van der Waals surface area contributed by atoms with Crippen LogP contribution < -0.4 is 0 Å². The lowest BCUT2D eigenvalue weighted by molar-refractivity contribution is -0.148. The lowest BCUT2D eigenvalue weighted by Gasteiger charge is -2.34. The lowest BCUT2D eigenvalue weighted by Crippen LogP contribution is -2.43. The van der Waals surface area contributed by atoms with Crippen molar-refractivity contribution in [1.82, 2.24) is 0 Å². The Balaban J connectivity index is 1.73. The van der Waals surface area contributed by atoms with E-state index in [1.165, 1.54) is 13.0 Å². The van der Waals surface area contributed by atoms with Gasteiger partial charge in [-0.15, -0.1) is 0 Å². The SMILES string of the molecule is CC(=O)O[C@@H]1C=CC(=O)[C@@]2(CC(=O)O[C@@H]2C=C(C)CC[C@H]2OC2(C)C)C1. The van der Waals surface area contributed by atoms with Crippen LogP contribution in [0.2, 0.25) is 0 Å². The molecule has 2 aliphatic heterocycles. The first-order valence-corrected chi connectivity index (χ1v) is 9.07. The minimum Gasteiger partial charge on any atom is -0.458 e. The second-order valence-corrected chi connectivity index (χ2v) is 8.08. The van der Waals surface area contributed by atoms with Gasteiger partial charge in [-0.1, -0.05) is 5.57 Å². The van der Waals surface area contributed by atoms with Crippen molar-refractivity contribution < 1.29 is 28.6 Å². The van der Waals surface area contributed by atoms with E-state index in [9.17, 15) is 14.4 Å². The maximum Gasteiger partial charge on any atom is 0.307 e. The van der Waals surface area contributed by atoms with Gasteiger partial charge >= 0.3 is 11.9 Å². The van der Waals surface area contributed by atoms with Gasteiger partial charge in [0, 0.05) is 13.3 Å². The van der Waals surface area contributed by atoms with Gasteiger partial charge in [0.1, 0.15) is 12.2 Å². The van der Waals surface area contributed by atoms with E-state index in [0.717, 1.165) is 18.4 Å². The molecule has 0 amide bonds. The quantitative estimate of drug-likeness (QED) is 0.425. The summed E-state index contributed by atoms with van der Waals surface area (Å²) >= 11 is 0. The molecule has 1 spiro atoms. The Kier molecular flexibility index (Phi) is 4.82. The largest absolute Gasteiger partial charge is 0.458 e. The third kappa shape index (κ3) is 3.75. The number of hydrogen-bond donors (Lipinski definition) is 0. The van der Waals surface area contributed by atoms with Crippen molar-refractivity contribution in [2.45, 2.75) is 77.3 Å². The van der Waals surface area contributed by atoms with E-state index in [1.54, 1.807) is 6.08 Å². The molecule has 6 nitrogen and oxygen atoms in total. The number of cyclic esters (lactones) is 1. The summed E-state index contributed by atoms with van der Waals surface area (Å²) in [5.41, 5.74) is 0.0208. The molecule has 6 heteroatoms. The van der Waals surface area contributed by atoms with Gasteiger partial charge in [0.25, 0.3) is 0 Å². The Bertz CT molecular complexity index is 688. The zero-order valence-electron chi connectivity index (χ0n) is 15.7. The Morgan fingerprint density at radius 3 is 2.65 bits per heavy atom. The first-order valence-electron chi connectivity index (χ1n) is 9.07. The molecule has 142 valence electrons. The Labute approximate surface area is 153 Å². The second kappa shape index (κ2) is 6.65. The van der Waals surface area contributed by atoms with Gasteiger partial charge in [-0.25, -0.2) is 0 Å². The average molecular weight is 362 g/mol. The van der Waals surface area contributed by atoms with E-state index < -0.39 is 29.6 Å². The van der Waals surface area contributed by atoms with Crippen LogP contribution in [0.5, 0.6) is 0 Å². The van der Waals surface area contributed by atoms with Crippen molar-refractivity contribution in [1.29, 1.82) is 0 Å². The van der Waals surface area contributed by atoms with E-state index in [1.807, 2.05) is 13.0 Å². The molecule has 0 bridgehead atoms. The van der Waals surface area contributed by atoms with Crippen LogP contribution in [0.25, 0.3) is 0 Å². The van der Waals surface area contributed by atoms with E-state index in [-0.39, 0.29) is 30.3 Å². The molecule has 3 aliphatic rings. The number of esters is 2. The molecule has 0 aromatic rings. The number of allylic oxidation sites excluding steroid dienone is 2. The molecule has 1 aliphatic carbocycles. The molecule has 0 aromatic carbocycles. The number of hydrogen-bond acceptors (Lipinski definition) is 6. The molecule has 3 rings (SSSR count). The van der Waals surface area contributed by atoms with Crippen LogP contribution in [-0.2, 0) is 28.6 Å². The van der Waals surface area contributed by atoms with E-state index in [2.05, 4.69) is 13.8 Å². The summed E-state index contributed by atoms with van der Waals surface area (Å²) in [4.78, 5) is 35.9. The Morgan fingerprint density at radius 2 is 2.04 bits per heavy atom. The summed E-state index contributed by atoms with van der Waals surface area (Å²) in [6.07, 6.45) is 5.97. The number of ketones is 1. The highest BCUT2D eigenvalue weighted by molar-refractivity contribution is 6.00. The molecule has 2 saturated heterocycles. The van der Waals surface area contributed by atoms with Crippen LogP contribution in [0, 0.1) is 5.41 Å². The highest BCUT2D eigenvalue weighted by Gasteiger charge is 2.55. The van der Waals surface area contributed by atoms with E-state index >= 15 is 0 Å². The molecule has 0 saturated carbocycles. The topological polar surface area (TPSA) is 82.2 Å². The van der Waals surface area contributed by atoms with Gasteiger partial charge in [0.2, 0.25) is 0 Å². The standard InChI is InChI=1S/C20H26O6/c1-12(5-8-16-19(3,4)26-16)9-17-20(11-18(23)25-17)10-14(24-13(2)21)6-7-15(20)22/h6-7,9,14,16-17H,5,8,10-11H2,1-4H3/t14-,16-,17-,20+/m1/s1. The van der Waals surface area contributed by atoms with E-state index in [0.29, 0.717) is 0 Å². The molecule has 2 heterocycles. The van der Waals surface area contributed by atoms with Crippen molar-refractivity contribution in [3.63, 3.8) is 0 Å². The predicted molar refractivity (Wildman–Crippen MR) is 93.2 cm³/mol.